The molecule has 0 aromatic heterocycles. The molecule has 2 aliphatic rings. The summed E-state index contributed by atoms with van der Waals surface area (Å²) in [6.45, 7) is 6.85. The first-order valence-corrected chi connectivity index (χ1v) is 10.0. The van der Waals surface area contributed by atoms with E-state index >= 15 is 0 Å². The van der Waals surface area contributed by atoms with Crippen molar-refractivity contribution >= 4 is 11.9 Å². The molecule has 0 bridgehead atoms. The second-order valence-electron chi connectivity index (χ2n) is 8.10. The van der Waals surface area contributed by atoms with Crippen LogP contribution in [0.3, 0.4) is 0 Å². The van der Waals surface area contributed by atoms with Crippen molar-refractivity contribution in [3.63, 3.8) is 0 Å². The van der Waals surface area contributed by atoms with Crippen molar-refractivity contribution in [2.75, 3.05) is 46.3 Å². The van der Waals surface area contributed by atoms with Crippen molar-refractivity contribution in [2.24, 2.45) is 5.92 Å². The van der Waals surface area contributed by atoms with Crippen LogP contribution in [-0.2, 0) is 4.79 Å². The van der Waals surface area contributed by atoms with Crippen LogP contribution in [0.15, 0.2) is 18.2 Å². The largest absolute Gasteiger partial charge is 0.481 e. The molecule has 0 unspecified atom stereocenters. The third-order valence-corrected chi connectivity index (χ3v) is 6.12. The number of likely N-dealkylation sites (N-methyl/N-ethyl adjacent to an activating group) is 1. The number of piperazine rings is 1. The molecule has 28 heavy (non-hydrogen) atoms. The summed E-state index contributed by atoms with van der Waals surface area (Å²) in [4.78, 5) is 30.7. The van der Waals surface area contributed by atoms with E-state index in [0.29, 0.717) is 36.7 Å². The molecule has 7 heteroatoms. The summed E-state index contributed by atoms with van der Waals surface area (Å²) in [7, 11) is 2.12. The zero-order chi connectivity index (χ0) is 20.3. The topological polar surface area (TPSA) is 64.1 Å². The van der Waals surface area contributed by atoms with E-state index in [1.54, 1.807) is 13.0 Å². The van der Waals surface area contributed by atoms with Gasteiger partial charge in [-0.3, -0.25) is 14.5 Å². The third kappa shape index (κ3) is 4.89. The molecule has 2 fully saturated rings. The predicted molar refractivity (Wildman–Crippen MR) is 105 cm³/mol. The minimum atomic E-state index is -0.797. The Morgan fingerprint density at radius 2 is 1.89 bits per heavy atom. The van der Waals surface area contributed by atoms with Gasteiger partial charge in [-0.2, -0.15) is 0 Å². The molecule has 2 atom stereocenters. The van der Waals surface area contributed by atoms with Gasteiger partial charge < -0.3 is 14.9 Å². The lowest BCUT2D eigenvalue weighted by atomic mass is 9.86. The number of hydrogen-bond acceptors (Lipinski definition) is 4. The molecule has 2 saturated heterocycles. The number of aryl methyl sites for hydroxylation is 1. The fourth-order valence-corrected chi connectivity index (χ4v) is 4.39. The maximum Gasteiger partial charge on any atom is 0.303 e. The van der Waals surface area contributed by atoms with Gasteiger partial charge in [0.2, 0.25) is 0 Å². The van der Waals surface area contributed by atoms with Crippen molar-refractivity contribution in [2.45, 2.75) is 32.2 Å². The Morgan fingerprint density at radius 3 is 2.54 bits per heavy atom. The molecule has 1 aromatic carbocycles. The third-order valence-electron chi connectivity index (χ3n) is 6.12. The highest BCUT2D eigenvalue weighted by atomic mass is 19.1. The first-order valence-electron chi connectivity index (χ1n) is 10.0. The number of carboxylic acids is 1. The number of nitrogens with zero attached hydrogens (tertiary/aromatic N) is 3. The monoisotopic (exact) mass is 391 g/mol. The molecular formula is C21H30FN3O3. The van der Waals surface area contributed by atoms with Crippen LogP contribution in [0.25, 0.3) is 0 Å². The van der Waals surface area contributed by atoms with Crippen LogP contribution < -0.4 is 0 Å². The lowest BCUT2D eigenvalue weighted by molar-refractivity contribution is -0.137. The number of carbonyl (C=O) groups is 2. The van der Waals surface area contributed by atoms with Crippen molar-refractivity contribution in [1.82, 2.24) is 14.7 Å². The zero-order valence-electron chi connectivity index (χ0n) is 16.7. The maximum absolute atomic E-state index is 13.5. The fourth-order valence-electron chi connectivity index (χ4n) is 4.39. The van der Waals surface area contributed by atoms with Crippen LogP contribution in [0.5, 0.6) is 0 Å². The highest BCUT2D eigenvalue weighted by Crippen LogP contribution is 2.28. The van der Waals surface area contributed by atoms with Crippen LogP contribution in [0, 0.1) is 18.7 Å². The summed E-state index contributed by atoms with van der Waals surface area (Å²) in [5.41, 5.74) is 0.953. The van der Waals surface area contributed by atoms with E-state index in [1.807, 2.05) is 4.90 Å². The Balaban J connectivity index is 1.71. The number of likely N-dealkylation sites (tertiary alicyclic amines) is 1. The number of rotatable bonds is 5. The number of carboxylic acid groups (broad SMARTS) is 1. The number of hydrogen-bond donors (Lipinski definition) is 1. The number of carbonyl (C=O) groups excluding carboxylic acids is 1. The van der Waals surface area contributed by atoms with Gasteiger partial charge in [-0.15, -0.1) is 0 Å². The molecule has 1 aromatic rings. The smallest absolute Gasteiger partial charge is 0.303 e. The molecule has 0 radical (unpaired) electrons. The first-order chi connectivity index (χ1) is 13.3. The summed E-state index contributed by atoms with van der Waals surface area (Å²) in [6, 6.07) is 4.77. The molecule has 2 aliphatic heterocycles. The minimum absolute atomic E-state index is 0.0970. The Hall–Kier alpha value is -1.99. The highest BCUT2D eigenvalue weighted by molar-refractivity contribution is 5.94. The van der Waals surface area contributed by atoms with Gasteiger partial charge in [0.15, 0.2) is 0 Å². The lowest BCUT2D eigenvalue weighted by Crippen LogP contribution is -2.57. The number of benzene rings is 1. The standard InChI is InChI=1S/C21H30FN3O3/c1-15-13-16(3-5-18(15)22)21(28)25-8-7-19(17(14-25)4-6-20(26)27)24-11-9-23(2)10-12-24/h3,5,13,17,19H,4,6-12,14H2,1-2H3,(H,26,27)/t17-,19+/m0/s1. The van der Waals surface area contributed by atoms with E-state index in [2.05, 4.69) is 16.8 Å². The number of halogens is 1. The summed E-state index contributed by atoms with van der Waals surface area (Å²) >= 11 is 0. The molecule has 154 valence electrons. The molecule has 3 rings (SSSR count). The number of piperidine rings is 1. The molecule has 1 N–H and O–H groups in total. The molecule has 0 saturated carbocycles. The number of amides is 1. The van der Waals surface area contributed by atoms with Crippen molar-refractivity contribution in [3.8, 4) is 0 Å². The van der Waals surface area contributed by atoms with Gasteiger partial charge in [-0.25, -0.2) is 4.39 Å². The Morgan fingerprint density at radius 1 is 1.18 bits per heavy atom. The maximum atomic E-state index is 13.5. The lowest BCUT2D eigenvalue weighted by Gasteiger charge is -2.46. The van der Waals surface area contributed by atoms with Crippen molar-refractivity contribution < 1.29 is 19.1 Å². The van der Waals surface area contributed by atoms with Crippen LogP contribution >= 0.6 is 0 Å². The molecular weight excluding hydrogens is 361 g/mol. The average Bonchev–Trinajstić information content (AvgIpc) is 2.68. The van der Waals surface area contributed by atoms with Gasteiger partial charge >= 0.3 is 5.97 Å². The summed E-state index contributed by atoms with van der Waals surface area (Å²) in [5.74, 6) is -1.07. The quantitative estimate of drug-likeness (QED) is 0.833. The van der Waals surface area contributed by atoms with Gasteiger partial charge in [0.25, 0.3) is 5.91 Å². The van der Waals surface area contributed by atoms with E-state index < -0.39 is 5.97 Å². The van der Waals surface area contributed by atoms with Crippen LogP contribution in [0.2, 0.25) is 0 Å². The van der Waals surface area contributed by atoms with Crippen molar-refractivity contribution in [3.05, 3.63) is 35.1 Å². The van der Waals surface area contributed by atoms with Gasteiger partial charge in [0.05, 0.1) is 0 Å². The SMILES string of the molecule is Cc1cc(C(=O)N2CC[C@@H](N3CCN(C)CC3)[C@@H](CCC(=O)O)C2)ccc1F. The minimum Gasteiger partial charge on any atom is -0.481 e. The molecule has 2 heterocycles. The van der Waals surface area contributed by atoms with E-state index in [0.717, 1.165) is 32.6 Å². The molecule has 0 spiro atoms. The van der Waals surface area contributed by atoms with Crippen molar-refractivity contribution in [1.29, 1.82) is 0 Å². The normalized spacial score (nSPS) is 24.3. The van der Waals surface area contributed by atoms with Gasteiger partial charge in [-0.1, -0.05) is 0 Å². The zero-order valence-corrected chi connectivity index (χ0v) is 16.7. The van der Waals surface area contributed by atoms with E-state index in [4.69, 9.17) is 5.11 Å². The van der Waals surface area contributed by atoms with Gasteiger partial charge in [0, 0.05) is 57.3 Å². The highest BCUT2D eigenvalue weighted by Gasteiger charge is 2.36. The summed E-state index contributed by atoms with van der Waals surface area (Å²) < 4.78 is 13.5. The van der Waals surface area contributed by atoms with Gasteiger partial charge in [-0.05, 0) is 56.5 Å². The fraction of sp³-hybridized carbons (Fsp3) is 0.619. The van der Waals surface area contributed by atoms with Gasteiger partial charge in [0.1, 0.15) is 5.82 Å². The van der Waals surface area contributed by atoms with E-state index in [1.165, 1.54) is 12.1 Å². The first kappa shape index (κ1) is 20.7. The predicted octanol–water partition coefficient (Wildman–Crippen LogP) is 2.08. The van der Waals surface area contributed by atoms with Crippen LogP contribution in [-0.4, -0.2) is 84.0 Å². The van der Waals surface area contributed by atoms with E-state index in [-0.39, 0.29) is 24.1 Å². The summed E-state index contributed by atoms with van der Waals surface area (Å²) in [5, 5.41) is 9.15. The number of aliphatic carboxylic acids is 1. The van der Waals surface area contributed by atoms with E-state index in [9.17, 15) is 14.0 Å². The molecule has 0 aliphatic carbocycles. The molecule has 1 amide bonds. The molecule has 6 nitrogen and oxygen atoms in total. The van der Waals surface area contributed by atoms with Crippen LogP contribution in [0.4, 0.5) is 4.39 Å². The Kier molecular flexibility index (Phi) is 6.67. The average molecular weight is 391 g/mol. The summed E-state index contributed by atoms with van der Waals surface area (Å²) in [6.07, 6.45) is 1.53. The van der Waals surface area contributed by atoms with Crippen LogP contribution in [0.1, 0.15) is 35.2 Å². The second-order valence-corrected chi connectivity index (χ2v) is 8.10. The Labute approximate surface area is 165 Å². The second kappa shape index (κ2) is 9.01. The Bertz CT molecular complexity index is 719.